The summed E-state index contributed by atoms with van der Waals surface area (Å²) in [6.45, 7) is 1.33. The number of hydrogen-bond donors (Lipinski definition) is 2. The number of amides is 2. The number of anilines is 1. The standard InChI is InChI=1S/C22H31N3O3.ClH/c1-28-20-9-5-4-8-18(20)24-21(26)15-10-12-25(13-11-15)22(27)19-14-16-6-2-3-7-17(16)23-19;/h4-5,8-9,15-17,19,23H,2-3,6-7,10-14H2,1H3,(H,24,26);1H. The van der Waals surface area contributed by atoms with E-state index in [9.17, 15) is 9.59 Å². The Morgan fingerprint density at radius 2 is 1.83 bits per heavy atom. The van der Waals surface area contributed by atoms with Gasteiger partial charge in [-0.3, -0.25) is 9.59 Å². The van der Waals surface area contributed by atoms with Gasteiger partial charge in [0.15, 0.2) is 0 Å². The van der Waals surface area contributed by atoms with Crippen molar-refractivity contribution in [1.29, 1.82) is 0 Å². The molecule has 3 fully saturated rings. The van der Waals surface area contributed by atoms with E-state index in [0.717, 1.165) is 6.42 Å². The van der Waals surface area contributed by atoms with E-state index in [1.54, 1.807) is 7.11 Å². The Bertz CT molecular complexity index is 707. The summed E-state index contributed by atoms with van der Waals surface area (Å²) in [6, 6.07) is 7.96. The van der Waals surface area contributed by atoms with E-state index in [0.29, 0.717) is 49.3 Å². The lowest BCUT2D eigenvalue weighted by Gasteiger charge is -2.33. The zero-order valence-electron chi connectivity index (χ0n) is 17.1. The smallest absolute Gasteiger partial charge is 0.239 e. The largest absolute Gasteiger partial charge is 0.495 e. The molecule has 3 unspecified atom stereocenters. The molecule has 2 N–H and O–H groups in total. The van der Waals surface area contributed by atoms with Crippen molar-refractivity contribution in [2.45, 2.75) is 57.0 Å². The molecule has 3 atom stereocenters. The molecule has 2 saturated heterocycles. The SMILES string of the molecule is COc1ccccc1NC(=O)C1CCN(C(=O)C2CC3CCCCC3N2)CC1.Cl. The Labute approximate surface area is 179 Å². The first kappa shape index (κ1) is 21.9. The molecule has 1 saturated carbocycles. The highest BCUT2D eigenvalue weighted by molar-refractivity contribution is 5.94. The fourth-order valence-electron chi connectivity index (χ4n) is 5.08. The van der Waals surface area contributed by atoms with Gasteiger partial charge in [-0.15, -0.1) is 12.4 Å². The van der Waals surface area contributed by atoms with Crippen molar-refractivity contribution in [3.8, 4) is 5.75 Å². The third kappa shape index (κ3) is 4.86. The maximum atomic E-state index is 12.9. The molecule has 0 aromatic heterocycles. The number of nitrogens with zero attached hydrogens (tertiary/aromatic N) is 1. The van der Waals surface area contributed by atoms with E-state index < -0.39 is 0 Å². The van der Waals surface area contributed by atoms with Gasteiger partial charge in [-0.25, -0.2) is 0 Å². The van der Waals surface area contributed by atoms with Crippen molar-refractivity contribution in [3.63, 3.8) is 0 Å². The number of benzene rings is 1. The normalized spacial score (nSPS) is 26.9. The molecule has 2 heterocycles. The highest BCUT2D eigenvalue weighted by atomic mass is 35.5. The average molecular weight is 422 g/mol. The number of piperidine rings is 1. The number of carbonyl (C=O) groups excluding carboxylic acids is 2. The van der Waals surface area contributed by atoms with Gasteiger partial charge in [0.1, 0.15) is 5.75 Å². The van der Waals surface area contributed by atoms with Gasteiger partial charge in [0.25, 0.3) is 0 Å². The Morgan fingerprint density at radius 1 is 1.10 bits per heavy atom. The van der Waals surface area contributed by atoms with Crippen LogP contribution in [-0.4, -0.2) is 49.0 Å². The van der Waals surface area contributed by atoms with Crippen LogP contribution in [0.5, 0.6) is 5.75 Å². The Kier molecular flexibility index (Phi) is 7.41. The van der Waals surface area contributed by atoms with Crippen LogP contribution in [0.4, 0.5) is 5.69 Å². The summed E-state index contributed by atoms with van der Waals surface area (Å²) in [6.07, 6.45) is 7.46. The van der Waals surface area contributed by atoms with Gasteiger partial charge in [-0.1, -0.05) is 25.0 Å². The highest BCUT2D eigenvalue weighted by Crippen LogP contribution is 2.34. The number of halogens is 1. The first-order valence-electron chi connectivity index (χ1n) is 10.6. The zero-order chi connectivity index (χ0) is 19.5. The third-order valence-corrected chi connectivity index (χ3v) is 6.70. The minimum Gasteiger partial charge on any atom is -0.495 e. The molecule has 6 nitrogen and oxygen atoms in total. The van der Waals surface area contributed by atoms with Crippen LogP contribution in [-0.2, 0) is 9.59 Å². The van der Waals surface area contributed by atoms with E-state index in [1.165, 1.54) is 25.7 Å². The van der Waals surface area contributed by atoms with E-state index >= 15 is 0 Å². The molecule has 3 aliphatic rings. The van der Waals surface area contributed by atoms with Gasteiger partial charge < -0.3 is 20.3 Å². The summed E-state index contributed by atoms with van der Waals surface area (Å²) >= 11 is 0. The molecule has 0 radical (unpaired) electrons. The lowest BCUT2D eigenvalue weighted by atomic mass is 9.85. The van der Waals surface area contributed by atoms with Crippen molar-refractivity contribution >= 4 is 29.9 Å². The van der Waals surface area contributed by atoms with Crippen LogP contribution in [0.25, 0.3) is 0 Å². The molecular formula is C22H32ClN3O3. The van der Waals surface area contributed by atoms with Gasteiger partial charge in [-0.2, -0.15) is 0 Å². The monoisotopic (exact) mass is 421 g/mol. The molecule has 2 amide bonds. The summed E-state index contributed by atoms with van der Waals surface area (Å²) in [4.78, 5) is 27.6. The first-order valence-corrected chi connectivity index (χ1v) is 10.6. The predicted octanol–water partition coefficient (Wildman–Crippen LogP) is 3.21. The van der Waals surface area contributed by atoms with E-state index in [-0.39, 0.29) is 36.2 Å². The molecule has 160 valence electrons. The first-order chi connectivity index (χ1) is 13.7. The number of fused-ring (bicyclic) bond motifs is 1. The van der Waals surface area contributed by atoms with Gasteiger partial charge in [-0.05, 0) is 50.2 Å². The molecule has 7 heteroatoms. The Balaban J connectivity index is 0.00000240. The Hall–Kier alpha value is -1.79. The van der Waals surface area contributed by atoms with Crippen LogP contribution < -0.4 is 15.4 Å². The zero-order valence-corrected chi connectivity index (χ0v) is 17.9. The molecule has 4 rings (SSSR count). The summed E-state index contributed by atoms with van der Waals surface area (Å²) < 4.78 is 5.30. The van der Waals surface area contributed by atoms with E-state index in [2.05, 4.69) is 10.6 Å². The van der Waals surface area contributed by atoms with Gasteiger partial charge in [0.2, 0.25) is 11.8 Å². The maximum Gasteiger partial charge on any atom is 0.239 e. The summed E-state index contributed by atoms with van der Waals surface area (Å²) in [5, 5.41) is 6.57. The number of rotatable bonds is 4. The number of methoxy groups -OCH3 is 1. The minimum absolute atomic E-state index is 0. The lowest BCUT2D eigenvalue weighted by Crippen LogP contribution is -2.49. The molecule has 1 aromatic rings. The quantitative estimate of drug-likeness (QED) is 0.783. The van der Waals surface area contributed by atoms with Crippen molar-refractivity contribution in [2.24, 2.45) is 11.8 Å². The second-order valence-electron chi connectivity index (χ2n) is 8.40. The summed E-state index contributed by atoms with van der Waals surface area (Å²) in [7, 11) is 1.60. The minimum atomic E-state index is -0.0620. The number of ether oxygens (including phenoxy) is 1. The van der Waals surface area contributed by atoms with E-state index in [4.69, 9.17) is 4.74 Å². The maximum absolute atomic E-state index is 12.9. The average Bonchev–Trinajstić information content (AvgIpc) is 3.18. The molecule has 0 spiro atoms. The van der Waals surface area contributed by atoms with Crippen LogP contribution in [0.2, 0.25) is 0 Å². The van der Waals surface area contributed by atoms with Crippen LogP contribution in [0.15, 0.2) is 24.3 Å². The fourth-order valence-corrected chi connectivity index (χ4v) is 5.08. The molecule has 2 aliphatic heterocycles. The number of hydrogen-bond acceptors (Lipinski definition) is 4. The number of para-hydroxylation sites is 2. The summed E-state index contributed by atoms with van der Waals surface area (Å²) in [5.41, 5.74) is 0.700. The van der Waals surface area contributed by atoms with Crippen molar-refractivity contribution in [3.05, 3.63) is 24.3 Å². The molecular weight excluding hydrogens is 390 g/mol. The van der Waals surface area contributed by atoms with Gasteiger partial charge in [0, 0.05) is 25.0 Å². The van der Waals surface area contributed by atoms with Gasteiger partial charge in [0.05, 0.1) is 18.8 Å². The van der Waals surface area contributed by atoms with Gasteiger partial charge >= 0.3 is 0 Å². The van der Waals surface area contributed by atoms with Crippen LogP contribution in [0.1, 0.15) is 44.9 Å². The van der Waals surface area contributed by atoms with Crippen LogP contribution in [0, 0.1) is 11.8 Å². The van der Waals surface area contributed by atoms with Crippen LogP contribution >= 0.6 is 12.4 Å². The fraction of sp³-hybridized carbons (Fsp3) is 0.636. The number of likely N-dealkylation sites (tertiary alicyclic amines) is 1. The molecule has 1 aromatic carbocycles. The number of nitrogens with one attached hydrogen (secondary N) is 2. The van der Waals surface area contributed by atoms with Crippen molar-refractivity contribution in [1.82, 2.24) is 10.2 Å². The Morgan fingerprint density at radius 3 is 2.55 bits per heavy atom. The lowest BCUT2D eigenvalue weighted by molar-refractivity contribution is -0.136. The molecule has 29 heavy (non-hydrogen) atoms. The second-order valence-corrected chi connectivity index (χ2v) is 8.40. The van der Waals surface area contributed by atoms with E-state index in [1.807, 2.05) is 29.2 Å². The summed E-state index contributed by atoms with van der Waals surface area (Å²) in [5.74, 6) is 1.52. The molecule has 0 bridgehead atoms. The third-order valence-electron chi connectivity index (χ3n) is 6.70. The van der Waals surface area contributed by atoms with Crippen molar-refractivity contribution in [2.75, 3.05) is 25.5 Å². The predicted molar refractivity (Wildman–Crippen MR) is 115 cm³/mol. The van der Waals surface area contributed by atoms with Crippen LogP contribution in [0.3, 0.4) is 0 Å². The topological polar surface area (TPSA) is 70.7 Å². The van der Waals surface area contributed by atoms with Crippen molar-refractivity contribution < 1.29 is 14.3 Å². The molecule has 1 aliphatic carbocycles. The second kappa shape index (κ2) is 9.81. The highest BCUT2D eigenvalue weighted by Gasteiger charge is 2.40. The number of carbonyl (C=O) groups is 2.